The third kappa shape index (κ3) is 14.0. The first-order valence-electron chi connectivity index (χ1n) is 8.08. The van der Waals surface area contributed by atoms with Gasteiger partial charge in [-0.25, -0.2) is 0 Å². The molecule has 2 N–H and O–H groups in total. The van der Waals surface area contributed by atoms with E-state index < -0.39 is 21.3 Å². The third-order valence-corrected chi connectivity index (χ3v) is 4.86. The van der Waals surface area contributed by atoms with Gasteiger partial charge < -0.3 is 5.11 Å². The number of aliphatic carboxylic acids is 1. The molecule has 0 bridgehead atoms. The van der Waals surface area contributed by atoms with Gasteiger partial charge in [-0.3, -0.25) is 9.35 Å². The summed E-state index contributed by atoms with van der Waals surface area (Å²) in [5, 5.41) is 7.06. The molecular weight excluding hydrogens is 315 g/mol. The van der Waals surface area contributed by atoms with E-state index in [9.17, 15) is 13.2 Å². The topological polar surface area (TPSA) is 91.7 Å². The van der Waals surface area contributed by atoms with Crippen molar-refractivity contribution in [2.45, 2.75) is 89.2 Å². The number of carboxylic acid groups (broad SMARTS) is 1. The summed E-state index contributed by atoms with van der Waals surface area (Å²) in [6.07, 6.45) is 12.4. The summed E-state index contributed by atoms with van der Waals surface area (Å²) in [5.74, 6) is -1.47. The van der Waals surface area contributed by atoms with Crippen LogP contribution in [0.25, 0.3) is 0 Å². The summed E-state index contributed by atoms with van der Waals surface area (Å²) < 4.78 is 30.5. The molecule has 0 aliphatic carbocycles. The SMILES string of the molecule is CCCCCCCCCCCCCC(C(=O)O)S(=O)(=O)O.[Na+]. The molecule has 0 aromatic carbocycles. The average Bonchev–Trinajstić information content (AvgIpc) is 2.38. The summed E-state index contributed by atoms with van der Waals surface area (Å²) in [4.78, 5) is 10.7. The Morgan fingerprint density at radius 1 is 0.864 bits per heavy atom. The van der Waals surface area contributed by atoms with E-state index in [4.69, 9.17) is 9.66 Å². The van der Waals surface area contributed by atoms with Crippen LogP contribution in [0.4, 0.5) is 0 Å². The standard InChI is InChI=1S/C15H30O5S.Na/c1-2-3-4-5-6-7-8-9-10-11-12-13-14(15(16)17)21(18,19)20;/h14H,2-13H2,1H3,(H,16,17)(H,18,19,20);/q;+1. The van der Waals surface area contributed by atoms with Gasteiger partial charge in [-0.1, -0.05) is 77.6 Å². The zero-order valence-corrected chi connectivity index (χ0v) is 16.9. The molecular formula is C15H30NaO5S+. The van der Waals surface area contributed by atoms with E-state index in [1.807, 2.05) is 0 Å². The van der Waals surface area contributed by atoms with Gasteiger partial charge in [-0.2, -0.15) is 8.42 Å². The van der Waals surface area contributed by atoms with Crippen LogP contribution in [-0.2, 0) is 14.9 Å². The molecule has 126 valence electrons. The molecule has 5 nitrogen and oxygen atoms in total. The average molecular weight is 345 g/mol. The first-order chi connectivity index (χ1) is 9.89. The molecule has 0 aliphatic rings. The van der Waals surface area contributed by atoms with Crippen LogP contribution in [0.5, 0.6) is 0 Å². The molecule has 0 amide bonds. The molecule has 0 fully saturated rings. The summed E-state index contributed by atoms with van der Waals surface area (Å²) in [6, 6.07) is 0. The van der Waals surface area contributed by atoms with Crippen LogP contribution < -0.4 is 29.6 Å². The fourth-order valence-corrected chi connectivity index (χ4v) is 3.11. The molecule has 22 heavy (non-hydrogen) atoms. The summed E-state index contributed by atoms with van der Waals surface area (Å²) in [7, 11) is -4.48. The fourth-order valence-electron chi connectivity index (χ4n) is 2.39. The summed E-state index contributed by atoms with van der Waals surface area (Å²) in [5.41, 5.74) is 0. The van der Waals surface area contributed by atoms with Crippen LogP contribution in [0, 0.1) is 0 Å². The van der Waals surface area contributed by atoms with Crippen molar-refractivity contribution in [2.75, 3.05) is 0 Å². The van der Waals surface area contributed by atoms with Gasteiger partial charge in [-0.05, 0) is 6.42 Å². The number of rotatable bonds is 14. The fraction of sp³-hybridized carbons (Fsp3) is 0.933. The second-order valence-corrected chi connectivity index (χ2v) is 7.27. The Bertz CT molecular complexity index is 370. The number of hydrogen-bond donors (Lipinski definition) is 2. The monoisotopic (exact) mass is 345 g/mol. The number of carbonyl (C=O) groups is 1. The van der Waals surface area contributed by atoms with Gasteiger partial charge in [0, 0.05) is 0 Å². The van der Waals surface area contributed by atoms with E-state index in [0.717, 1.165) is 19.3 Å². The van der Waals surface area contributed by atoms with Gasteiger partial charge in [0.05, 0.1) is 0 Å². The number of carboxylic acids is 1. The van der Waals surface area contributed by atoms with Crippen molar-refractivity contribution in [2.24, 2.45) is 0 Å². The van der Waals surface area contributed by atoms with Crippen molar-refractivity contribution >= 4 is 16.1 Å². The van der Waals surface area contributed by atoms with E-state index >= 15 is 0 Å². The Labute approximate surface area is 157 Å². The number of unbranched alkanes of at least 4 members (excludes halogenated alkanes) is 10. The van der Waals surface area contributed by atoms with Crippen LogP contribution in [-0.4, -0.2) is 29.3 Å². The second kappa shape index (κ2) is 14.9. The maximum absolute atomic E-state index is 10.9. The van der Waals surface area contributed by atoms with Crippen molar-refractivity contribution in [3.8, 4) is 0 Å². The Kier molecular flexibility index (Phi) is 16.7. The maximum Gasteiger partial charge on any atom is 1.00 e. The van der Waals surface area contributed by atoms with Crippen molar-refractivity contribution in [1.29, 1.82) is 0 Å². The minimum absolute atomic E-state index is 0. The largest absolute Gasteiger partial charge is 1.00 e. The van der Waals surface area contributed by atoms with Gasteiger partial charge >= 0.3 is 35.5 Å². The van der Waals surface area contributed by atoms with E-state index in [0.29, 0.717) is 6.42 Å². The van der Waals surface area contributed by atoms with Crippen molar-refractivity contribution in [3.63, 3.8) is 0 Å². The number of hydrogen-bond acceptors (Lipinski definition) is 3. The zero-order valence-electron chi connectivity index (χ0n) is 14.1. The molecule has 0 spiro atoms. The van der Waals surface area contributed by atoms with Crippen molar-refractivity contribution < 1.29 is 52.4 Å². The minimum Gasteiger partial charge on any atom is -0.480 e. The van der Waals surface area contributed by atoms with E-state index in [1.165, 1.54) is 44.9 Å². The van der Waals surface area contributed by atoms with Gasteiger partial charge in [0.15, 0.2) is 5.25 Å². The smallest absolute Gasteiger partial charge is 0.480 e. The molecule has 0 heterocycles. The van der Waals surface area contributed by atoms with Crippen molar-refractivity contribution in [3.05, 3.63) is 0 Å². The third-order valence-electron chi connectivity index (χ3n) is 3.70. The Morgan fingerprint density at radius 2 is 1.23 bits per heavy atom. The minimum atomic E-state index is -4.48. The molecule has 0 saturated heterocycles. The van der Waals surface area contributed by atoms with Gasteiger partial charge in [-0.15, -0.1) is 0 Å². The molecule has 0 aliphatic heterocycles. The van der Waals surface area contributed by atoms with Crippen LogP contribution in [0.3, 0.4) is 0 Å². The predicted molar refractivity (Wildman–Crippen MR) is 84.1 cm³/mol. The molecule has 0 saturated carbocycles. The summed E-state index contributed by atoms with van der Waals surface area (Å²) in [6.45, 7) is 2.21. The first kappa shape index (κ1) is 24.6. The van der Waals surface area contributed by atoms with Crippen LogP contribution in [0.2, 0.25) is 0 Å². The molecule has 0 rings (SSSR count). The molecule has 1 atom stereocenters. The molecule has 0 aromatic heterocycles. The van der Waals surface area contributed by atoms with Crippen LogP contribution in [0.1, 0.15) is 84.0 Å². The summed E-state index contributed by atoms with van der Waals surface area (Å²) >= 11 is 0. The Balaban J connectivity index is 0. The first-order valence-corrected chi connectivity index (χ1v) is 9.59. The second-order valence-electron chi connectivity index (χ2n) is 5.67. The predicted octanol–water partition coefficient (Wildman–Crippen LogP) is 1.03. The Morgan fingerprint density at radius 3 is 1.55 bits per heavy atom. The molecule has 0 radical (unpaired) electrons. The van der Waals surface area contributed by atoms with E-state index in [1.54, 1.807) is 0 Å². The van der Waals surface area contributed by atoms with Gasteiger partial charge in [0.25, 0.3) is 10.1 Å². The van der Waals surface area contributed by atoms with Gasteiger partial charge in [0.2, 0.25) is 0 Å². The zero-order chi connectivity index (χ0) is 16.1. The van der Waals surface area contributed by atoms with Crippen molar-refractivity contribution in [1.82, 2.24) is 0 Å². The maximum atomic E-state index is 10.9. The van der Waals surface area contributed by atoms with E-state index in [2.05, 4.69) is 6.92 Å². The normalized spacial score (nSPS) is 12.6. The Hall–Kier alpha value is 0.380. The molecule has 0 aromatic rings. The quantitative estimate of drug-likeness (QED) is 0.279. The molecule has 1 unspecified atom stereocenters. The van der Waals surface area contributed by atoms with Crippen LogP contribution in [0.15, 0.2) is 0 Å². The molecule has 7 heteroatoms. The van der Waals surface area contributed by atoms with Gasteiger partial charge in [0.1, 0.15) is 0 Å². The van der Waals surface area contributed by atoms with E-state index in [-0.39, 0.29) is 36.0 Å². The van der Waals surface area contributed by atoms with Crippen LogP contribution >= 0.6 is 0 Å².